The van der Waals surface area contributed by atoms with E-state index in [-0.39, 0.29) is 40.0 Å². The fourth-order valence-electron chi connectivity index (χ4n) is 2.65. The second-order valence-corrected chi connectivity index (χ2v) is 7.52. The predicted octanol–water partition coefficient (Wildman–Crippen LogP) is 3.93. The van der Waals surface area contributed by atoms with Gasteiger partial charge in [0.2, 0.25) is 5.88 Å². The number of fused-ring (bicyclic) bond motifs is 1. The van der Waals surface area contributed by atoms with Crippen LogP contribution in [0.1, 0.15) is 27.7 Å². The molecule has 0 aliphatic heterocycles. The van der Waals surface area contributed by atoms with Crippen molar-refractivity contribution in [3.63, 3.8) is 0 Å². The van der Waals surface area contributed by atoms with Gasteiger partial charge in [0.05, 0.1) is 19.8 Å². The first-order valence-corrected chi connectivity index (χ1v) is 8.75. The van der Waals surface area contributed by atoms with Crippen LogP contribution in [-0.2, 0) is 0 Å². The van der Waals surface area contributed by atoms with Crippen molar-refractivity contribution in [3.05, 3.63) is 30.1 Å². The van der Waals surface area contributed by atoms with Crippen LogP contribution in [0.5, 0.6) is 11.6 Å². The van der Waals surface area contributed by atoms with Gasteiger partial charge in [-0.05, 0) is 18.4 Å². The summed E-state index contributed by atoms with van der Waals surface area (Å²) in [6.45, 7) is 8.18. The van der Waals surface area contributed by atoms with Gasteiger partial charge in [0.1, 0.15) is 18.0 Å². The third-order valence-electron chi connectivity index (χ3n) is 4.75. The fraction of sp³-hybridized carbons (Fsp3) is 0.421. The molecule has 150 valence electrons. The Morgan fingerprint density at radius 3 is 2.43 bits per heavy atom. The molecule has 1 aromatic carbocycles. The number of hydrogen-bond acceptors (Lipinski definition) is 6. The highest BCUT2D eigenvalue weighted by Crippen LogP contribution is 2.40. The summed E-state index contributed by atoms with van der Waals surface area (Å²) < 4.78 is 41.0. The number of nitrogens with zero attached hydrogens (tertiary/aromatic N) is 4. The maximum atomic E-state index is 14.9. The van der Waals surface area contributed by atoms with Crippen molar-refractivity contribution in [3.8, 4) is 22.8 Å². The zero-order valence-electron chi connectivity index (χ0n) is 16.7. The van der Waals surface area contributed by atoms with Gasteiger partial charge in [0.25, 0.3) is 5.78 Å². The summed E-state index contributed by atoms with van der Waals surface area (Å²) in [5, 5.41) is 7.53. The molecule has 1 unspecified atom stereocenters. The van der Waals surface area contributed by atoms with E-state index in [1.807, 2.05) is 6.92 Å². The third kappa shape index (κ3) is 3.44. The van der Waals surface area contributed by atoms with Gasteiger partial charge in [-0.15, -0.1) is 0 Å². The van der Waals surface area contributed by atoms with E-state index >= 15 is 0 Å². The first kappa shape index (κ1) is 19.8. The molecule has 1 atom stereocenters. The van der Waals surface area contributed by atoms with Gasteiger partial charge in [-0.2, -0.15) is 19.6 Å². The molecule has 2 heterocycles. The van der Waals surface area contributed by atoms with Crippen LogP contribution in [-0.4, -0.2) is 39.8 Å². The molecule has 3 aromatic rings. The summed E-state index contributed by atoms with van der Waals surface area (Å²) in [5.41, 5.74) is 0.101. The van der Waals surface area contributed by atoms with E-state index < -0.39 is 11.6 Å². The zero-order valence-corrected chi connectivity index (χ0v) is 16.7. The monoisotopic (exact) mass is 391 g/mol. The highest BCUT2D eigenvalue weighted by atomic mass is 19.1. The number of hydrogen-bond donors (Lipinski definition) is 1. The summed E-state index contributed by atoms with van der Waals surface area (Å²) in [7, 11) is 2.69. The Bertz CT molecular complexity index is 1010. The Morgan fingerprint density at radius 2 is 1.82 bits per heavy atom. The summed E-state index contributed by atoms with van der Waals surface area (Å²) in [4.78, 5) is 8.37. The van der Waals surface area contributed by atoms with Crippen molar-refractivity contribution in [2.24, 2.45) is 5.41 Å². The number of halogens is 2. The lowest BCUT2D eigenvalue weighted by atomic mass is 9.88. The van der Waals surface area contributed by atoms with Gasteiger partial charge >= 0.3 is 0 Å². The SMILES string of the molecule is COc1cc(F)c(-c2c(OC)nc3ncnn3c2NC(C)C(C)(C)C)cc1F. The maximum absolute atomic E-state index is 14.9. The number of ether oxygens (including phenoxy) is 2. The third-order valence-corrected chi connectivity index (χ3v) is 4.75. The van der Waals surface area contributed by atoms with Crippen molar-refractivity contribution in [1.29, 1.82) is 0 Å². The van der Waals surface area contributed by atoms with Crippen LogP contribution < -0.4 is 14.8 Å². The molecule has 0 aliphatic carbocycles. The van der Waals surface area contributed by atoms with Crippen LogP contribution >= 0.6 is 0 Å². The van der Waals surface area contributed by atoms with Crippen LogP contribution in [0.25, 0.3) is 16.9 Å². The molecule has 0 spiro atoms. The van der Waals surface area contributed by atoms with Gasteiger partial charge in [0.15, 0.2) is 11.6 Å². The van der Waals surface area contributed by atoms with Crippen LogP contribution in [0.3, 0.4) is 0 Å². The summed E-state index contributed by atoms with van der Waals surface area (Å²) in [5.74, 6) is -0.775. The van der Waals surface area contributed by atoms with Crippen LogP contribution in [0.4, 0.5) is 14.6 Å². The number of methoxy groups -OCH3 is 2. The quantitative estimate of drug-likeness (QED) is 0.710. The molecule has 3 rings (SSSR count). The maximum Gasteiger partial charge on any atom is 0.257 e. The number of nitrogens with one attached hydrogen (secondary N) is 1. The smallest absolute Gasteiger partial charge is 0.257 e. The molecule has 7 nitrogen and oxygen atoms in total. The molecule has 9 heteroatoms. The van der Waals surface area contributed by atoms with E-state index in [0.29, 0.717) is 5.82 Å². The molecule has 0 aliphatic rings. The van der Waals surface area contributed by atoms with Gasteiger partial charge in [-0.25, -0.2) is 8.78 Å². The molecule has 0 saturated heterocycles. The molecular formula is C19H23F2N5O2. The molecule has 0 radical (unpaired) electrons. The Morgan fingerprint density at radius 1 is 1.11 bits per heavy atom. The van der Waals surface area contributed by atoms with Gasteiger partial charge in [-0.1, -0.05) is 20.8 Å². The van der Waals surface area contributed by atoms with Gasteiger partial charge in [-0.3, -0.25) is 0 Å². The lowest BCUT2D eigenvalue weighted by molar-refractivity contribution is 0.357. The van der Waals surface area contributed by atoms with Crippen LogP contribution in [0.15, 0.2) is 18.5 Å². The van der Waals surface area contributed by atoms with Gasteiger partial charge < -0.3 is 14.8 Å². The molecule has 0 fully saturated rings. The van der Waals surface area contributed by atoms with Crippen molar-refractivity contribution in [2.45, 2.75) is 33.7 Å². The van der Waals surface area contributed by atoms with Crippen molar-refractivity contribution in [1.82, 2.24) is 19.6 Å². The van der Waals surface area contributed by atoms with E-state index in [4.69, 9.17) is 9.47 Å². The largest absolute Gasteiger partial charge is 0.494 e. The second kappa shape index (κ2) is 7.21. The summed E-state index contributed by atoms with van der Waals surface area (Å²) in [6, 6.07) is 2.01. The molecule has 0 saturated carbocycles. The minimum Gasteiger partial charge on any atom is -0.494 e. The molecular weight excluding hydrogens is 368 g/mol. The lowest BCUT2D eigenvalue weighted by Crippen LogP contribution is -2.32. The van der Waals surface area contributed by atoms with Crippen LogP contribution in [0.2, 0.25) is 0 Å². The van der Waals surface area contributed by atoms with Crippen molar-refractivity contribution in [2.75, 3.05) is 19.5 Å². The summed E-state index contributed by atoms with van der Waals surface area (Å²) >= 11 is 0. The Hall–Kier alpha value is -2.97. The molecule has 0 bridgehead atoms. The predicted molar refractivity (Wildman–Crippen MR) is 102 cm³/mol. The van der Waals surface area contributed by atoms with E-state index in [1.54, 1.807) is 0 Å². The minimum absolute atomic E-state index is 0.0244. The molecule has 1 N–H and O–H groups in total. The number of anilines is 1. The normalized spacial score (nSPS) is 12.9. The first-order valence-electron chi connectivity index (χ1n) is 8.75. The second-order valence-electron chi connectivity index (χ2n) is 7.52. The Labute approximate surface area is 161 Å². The Kier molecular flexibility index (Phi) is 5.10. The van der Waals surface area contributed by atoms with E-state index in [2.05, 4.69) is 41.2 Å². The van der Waals surface area contributed by atoms with E-state index in [1.165, 1.54) is 25.1 Å². The van der Waals surface area contributed by atoms with Crippen molar-refractivity contribution < 1.29 is 18.3 Å². The average molecular weight is 391 g/mol. The highest BCUT2D eigenvalue weighted by Gasteiger charge is 2.27. The fourth-order valence-corrected chi connectivity index (χ4v) is 2.65. The summed E-state index contributed by atoms with van der Waals surface area (Å²) in [6.07, 6.45) is 1.34. The lowest BCUT2D eigenvalue weighted by Gasteiger charge is -2.30. The van der Waals surface area contributed by atoms with Gasteiger partial charge in [0, 0.05) is 17.7 Å². The molecule has 0 amide bonds. The standard InChI is InChI=1S/C19H23F2N5O2/c1-10(19(2,3)4)24-16-15(11-7-13(21)14(27-5)8-12(11)20)17(28-6)25-18-22-9-23-26(16)18/h7-10,24H,1-6H3. The zero-order chi connectivity index (χ0) is 20.6. The van der Waals surface area contributed by atoms with E-state index in [0.717, 1.165) is 12.1 Å². The number of rotatable bonds is 5. The van der Waals surface area contributed by atoms with E-state index in [9.17, 15) is 8.78 Å². The average Bonchev–Trinajstić information content (AvgIpc) is 3.10. The minimum atomic E-state index is -0.700. The highest BCUT2D eigenvalue weighted by molar-refractivity contribution is 5.82. The van der Waals surface area contributed by atoms with Crippen molar-refractivity contribution >= 4 is 11.6 Å². The molecule has 2 aromatic heterocycles. The first-order chi connectivity index (χ1) is 13.2. The topological polar surface area (TPSA) is 73.6 Å². The number of aromatic nitrogens is 4. The number of benzene rings is 1. The van der Waals surface area contributed by atoms with Crippen LogP contribution in [0, 0.1) is 17.0 Å². The molecule has 28 heavy (non-hydrogen) atoms. The Balaban J connectivity index is 2.32.